The van der Waals surface area contributed by atoms with Gasteiger partial charge in [-0.3, -0.25) is 4.79 Å². The summed E-state index contributed by atoms with van der Waals surface area (Å²) in [6, 6.07) is 12.8. The Balaban J connectivity index is 1.48. The molecule has 2 heterocycles. The number of benzene rings is 2. The van der Waals surface area contributed by atoms with Gasteiger partial charge in [0.25, 0.3) is 0 Å². The number of phenolic OH excluding ortho intramolecular Hbond substituents is 1. The average molecular weight is 393 g/mol. The molecule has 0 atom stereocenters. The maximum atomic E-state index is 12.0. The van der Waals surface area contributed by atoms with Crippen molar-refractivity contribution in [2.75, 3.05) is 31.1 Å². The van der Waals surface area contributed by atoms with Crippen LogP contribution in [-0.4, -0.2) is 37.1 Å². The minimum Gasteiger partial charge on any atom is -0.508 e. The lowest BCUT2D eigenvalue weighted by atomic mass is 10.1. The average Bonchev–Trinajstić information content (AvgIpc) is 2.72. The smallest absolute Gasteiger partial charge is 0.336 e. The Morgan fingerprint density at radius 1 is 1.14 bits per heavy atom. The fourth-order valence-corrected chi connectivity index (χ4v) is 4.00. The maximum Gasteiger partial charge on any atom is 0.336 e. The van der Waals surface area contributed by atoms with Crippen LogP contribution in [0.4, 0.5) is 5.69 Å². The van der Waals surface area contributed by atoms with Crippen LogP contribution in [0.1, 0.15) is 28.4 Å². The first-order chi connectivity index (χ1) is 13.9. The maximum absolute atomic E-state index is 12.0. The van der Waals surface area contributed by atoms with Gasteiger partial charge in [0.05, 0.1) is 26.2 Å². The van der Waals surface area contributed by atoms with Crippen molar-refractivity contribution in [1.29, 1.82) is 0 Å². The van der Waals surface area contributed by atoms with E-state index in [4.69, 9.17) is 4.42 Å². The van der Waals surface area contributed by atoms with Gasteiger partial charge in [-0.15, -0.1) is 0 Å². The van der Waals surface area contributed by atoms with Crippen molar-refractivity contribution in [3.05, 3.63) is 69.6 Å². The van der Waals surface area contributed by atoms with Crippen LogP contribution in [0.25, 0.3) is 11.0 Å². The second-order valence-corrected chi connectivity index (χ2v) is 7.69. The third-order valence-electron chi connectivity index (χ3n) is 5.77. The number of quaternary nitrogens is 1. The van der Waals surface area contributed by atoms with Gasteiger partial charge in [0, 0.05) is 33.8 Å². The van der Waals surface area contributed by atoms with E-state index >= 15 is 0 Å². The largest absolute Gasteiger partial charge is 0.508 e. The summed E-state index contributed by atoms with van der Waals surface area (Å²) in [4.78, 5) is 27.2. The highest BCUT2D eigenvalue weighted by Gasteiger charge is 2.22. The van der Waals surface area contributed by atoms with Crippen LogP contribution in [0.3, 0.4) is 0 Å². The number of fused-ring (bicyclic) bond motifs is 1. The number of carbonyl (C=O) groups is 1. The Morgan fingerprint density at radius 2 is 1.83 bits per heavy atom. The molecule has 29 heavy (non-hydrogen) atoms. The Labute approximate surface area is 169 Å². The number of phenols is 1. The molecule has 0 saturated carbocycles. The molecular weight excluding hydrogens is 368 g/mol. The highest BCUT2D eigenvalue weighted by molar-refractivity contribution is 5.94. The molecule has 6 nitrogen and oxygen atoms in total. The molecular formula is C23H25N2O4+. The summed E-state index contributed by atoms with van der Waals surface area (Å²) in [6.45, 7) is 7.80. The first-order valence-electron chi connectivity index (χ1n) is 9.87. The summed E-state index contributed by atoms with van der Waals surface area (Å²) >= 11 is 0. The van der Waals surface area contributed by atoms with Crippen molar-refractivity contribution in [3.8, 4) is 5.75 Å². The van der Waals surface area contributed by atoms with E-state index in [2.05, 4.69) is 4.90 Å². The first-order valence-corrected chi connectivity index (χ1v) is 9.87. The number of hydrogen-bond acceptors (Lipinski definition) is 5. The van der Waals surface area contributed by atoms with Crippen molar-refractivity contribution in [3.63, 3.8) is 0 Å². The minimum atomic E-state index is -0.384. The van der Waals surface area contributed by atoms with Crippen LogP contribution in [0, 0.1) is 6.92 Å². The van der Waals surface area contributed by atoms with Gasteiger partial charge in [-0.25, -0.2) is 4.79 Å². The van der Waals surface area contributed by atoms with Gasteiger partial charge in [0.2, 0.25) is 0 Å². The van der Waals surface area contributed by atoms with Crippen LogP contribution in [0.5, 0.6) is 5.75 Å². The Morgan fingerprint density at radius 3 is 2.48 bits per heavy atom. The van der Waals surface area contributed by atoms with Crippen LogP contribution in [0.15, 0.2) is 51.7 Å². The van der Waals surface area contributed by atoms with Crippen LogP contribution < -0.4 is 15.4 Å². The summed E-state index contributed by atoms with van der Waals surface area (Å²) in [6.07, 6.45) is 0. The number of carbonyl (C=O) groups excluding carboxylic acids is 1. The monoisotopic (exact) mass is 393 g/mol. The van der Waals surface area contributed by atoms with E-state index in [0.717, 1.165) is 54.9 Å². The second kappa shape index (κ2) is 7.72. The molecule has 1 aromatic heterocycles. The molecule has 0 amide bonds. The summed E-state index contributed by atoms with van der Waals surface area (Å²) in [5.41, 5.74) is 3.49. The summed E-state index contributed by atoms with van der Waals surface area (Å²) < 4.78 is 5.35. The molecule has 3 aromatic rings. The van der Waals surface area contributed by atoms with E-state index in [0.29, 0.717) is 11.1 Å². The zero-order chi connectivity index (χ0) is 20.5. The highest BCUT2D eigenvalue weighted by Crippen LogP contribution is 2.27. The molecule has 1 aliphatic heterocycles. The Kier molecular flexibility index (Phi) is 5.11. The van der Waals surface area contributed by atoms with E-state index in [1.807, 2.05) is 30.3 Å². The molecule has 1 aliphatic rings. The second-order valence-electron chi connectivity index (χ2n) is 7.69. The van der Waals surface area contributed by atoms with E-state index in [9.17, 15) is 14.7 Å². The number of hydrogen-bond donors (Lipinski definition) is 2. The van der Waals surface area contributed by atoms with Gasteiger partial charge in [0.15, 0.2) is 5.78 Å². The number of aromatic hydroxyl groups is 1. The topological polar surface area (TPSA) is 75.2 Å². The molecule has 0 bridgehead atoms. The van der Waals surface area contributed by atoms with Crippen molar-refractivity contribution >= 4 is 22.4 Å². The fourth-order valence-electron chi connectivity index (χ4n) is 4.00. The number of rotatable bonds is 4. The fraction of sp³-hybridized carbons (Fsp3) is 0.304. The van der Waals surface area contributed by atoms with Gasteiger partial charge in [-0.2, -0.15) is 0 Å². The molecule has 0 spiro atoms. The van der Waals surface area contributed by atoms with Gasteiger partial charge < -0.3 is 19.3 Å². The zero-order valence-corrected chi connectivity index (χ0v) is 16.7. The van der Waals surface area contributed by atoms with Crippen molar-refractivity contribution < 1.29 is 19.2 Å². The predicted octanol–water partition coefficient (Wildman–Crippen LogP) is 1.91. The number of nitrogens with one attached hydrogen (secondary N) is 1. The molecule has 4 rings (SSSR count). The van der Waals surface area contributed by atoms with Gasteiger partial charge in [-0.05, 0) is 50.2 Å². The normalized spacial score (nSPS) is 15.0. The van der Waals surface area contributed by atoms with Crippen molar-refractivity contribution in [2.45, 2.75) is 20.4 Å². The molecule has 1 saturated heterocycles. The number of anilines is 1. The minimum absolute atomic E-state index is 0.0777. The molecule has 2 aromatic carbocycles. The summed E-state index contributed by atoms with van der Waals surface area (Å²) in [7, 11) is 0. The molecule has 2 N–H and O–H groups in total. The lowest BCUT2D eigenvalue weighted by molar-refractivity contribution is -0.914. The highest BCUT2D eigenvalue weighted by atomic mass is 16.4. The molecule has 6 heteroatoms. The van der Waals surface area contributed by atoms with Gasteiger partial charge in [0.1, 0.15) is 17.9 Å². The molecule has 0 aliphatic carbocycles. The predicted molar refractivity (Wildman–Crippen MR) is 112 cm³/mol. The van der Waals surface area contributed by atoms with Gasteiger partial charge >= 0.3 is 5.63 Å². The standard InChI is InChI=1S/C23H24N2O4/c1-15-21(27)8-7-20-18(13-22(28)29-23(15)20)14-24-9-11-25(12-10-24)19-5-3-17(4-6-19)16(2)26/h3-8,13,27H,9-12,14H2,1-2H3/p+1. The SMILES string of the molecule is CC(=O)c1ccc(N2CC[NH+](Cc3cc(=O)oc4c(C)c(O)ccc34)CC2)cc1. The number of ketones is 1. The zero-order valence-electron chi connectivity index (χ0n) is 16.7. The third kappa shape index (κ3) is 3.89. The molecule has 0 radical (unpaired) electrons. The Bertz CT molecular complexity index is 1110. The third-order valence-corrected chi connectivity index (χ3v) is 5.77. The van der Waals surface area contributed by atoms with Crippen LogP contribution >= 0.6 is 0 Å². The molecule has 0 unspecified atom stereocenters. The van der Waals surface area contributed by atoms with E-state index in [-0.39, 0.29) is 17.2 Å². The molecule has 1 fully saturated rings. The van der Waals surface area contributed by atoms with Crippen molar-refractivity contribution in [1.82, 2.24) is 0 Å². The number of Topliss-reactive ketones (excluding diaryl/α,β-unsaturated/α-hetero) is 1. The molecule has 150 valence electrons. The Hall–Kier alpha value is -3.12. The van der Waals surface area contributed by atoms with E-state index in [1.165, 1.54) is 4.90 Å². The van der Waals surface area contributed by atoms with Crippen LogP contribution in [-0.2, 0) is 6.54 Å². The van der Waals surface area contributed by atoms with Crippen molar-refractivity contribution in [2.24, 2.45) is 0 Å². The van der Waals surface area contributed by atoms with Crippen LogP contribution in [0.2, 0.25) is 0 Å². The van der Waals surface area contributed by atoms with E-state index in [1.54, 1.807) is 26.0 Å². The summed E-state index contributed by atoms with van der Waals surface area (Å²) in [5, 5.41) is 10.8. The lowest BCUT2D eigenvalue weighted by Crippen LogP contribution is -3.13. The number of piperazine rings is 1. The number of aryl methyl sites for hydroxylation is 1. The van der Waals surface area contributed by atoms with E-state index < -0.39 is 0 Å². The number of nitrogens with zero attached hydrogens (tertiary/aromatic N) is 1. The van der Waals surface area contributed by atoms with Gasteiger partial charge in [-0.1, -0.05) is 0 Å². The lowest BCUT2D eigenvalue weighted by Gasteiger charge is -2.33. The quantitative estimate of drug-likeness (QED) is 0.523. The first kappa shape index (κ1) is 19.2. The summed E-state index contributed by atoms with van der Waals surface area (Å²) in [5.74, 6) is 0.212.